The van der Waals surface area contributed by atoms with Gasteiger partial charge in [0.15, 0.2) is 0 Å². The first-order valence-corrected chi connectivity index (χ1v) is 8.33. The summed E-state index contributed by atoms with van der Waals surface area (Å²) in [7, 11) is 0. The van der Waals surface area contributed by atoms with Crippen molar-refractivity contribution < 1.29 is 4.79 Å². The SMILES string of the molecule is CCCCCCCCCNCCCC(=O)NC1CC1. The number of nitrogens with one attached hydrogen (secondary N) is 2. The van der Waals surface area contributed by atoms with Crippen LogP contribution in [0.15, 0.2) is 0 Å². The van der Waals surface area contributed by atoms with Crippen molar-refractivity contribution in [3.63, 3.8) is 0 Å². The van der Waals surface area contributed by atoms with Crippen molar-refractivity contribution in [3.05, 3.63) is 0 Å². The van der Waals surface area contributed by atoms with Crippen LogP contribution in [0.3, 0.4) is 0 Å². The molecule has 0 unspecified atom stereocenters. The molecule has 0 aromatic rings. The van der Waals surface area contributed by atoms with E-state index in [1.807, 2.05) is 0 Å². The highest BCUT2D eigenvalue weighted by Crippen LogP contribution is 2.18. The average molecular weight is 268 g/mol. The van der Waals surface area contributed by atoms with Gasteiger partial charge in [0.2, 0.25) is 5.91 Å². The summed E-state index contributed by atoms with van der Waals surface area (Å²) >= 11 is 0. The van der Waals surface area contributed by atoms with Crippen molar-refractivity contribution in [2.24, 2.45) is 0 Å². The van der Waals surface area contributed by atoms with Gasteiger partial charge in [-0.1, -0.05) is 45.4 Å². The Kier molecular flexibility index (Phi) is 9.78. The molecule has 0 bridgehead atoms. The number of unbranched alkanes of at least 4 members (excludes halogenated alkanes) is 6. The van der Waals surface area contributed by atoms with Crippen molar-refractivity contribution in [1.82, 2.24) is 10.6 Å². The highest BCUT2D eigenvalue weighted by atomic mass is 16.1. The van der Waals surface area contributed by atoms with Crippen LogP contribution in [0.1, 0.15) is 77.6 Å². The molecule has 0 aromatic heterocycles. The fraction of sp³-hybridized carbons (Fsp3) is 0.938. The number of hydrogen-bond acceptors (Lipinski definition) is 2. The third-order valence-electron chi connectivity index (χ3n) is 3.66. The summed E-state index contributed by atoms with van der Waals surface area (Å²) < 4.78 is 0. The van der Waals surface area contributed by atoms with E-state index < -0.39 is 0 Å². The van der Waals surface area contributed by atoms with Crippen molar-refractivity contribution >= 4 is 5.91 Å². The molecule has 1 aliphatic rings. The second kappa shape index (κ2) is 11.3. The maximum Gasteiger partial charge on any atom is 0.220 e. The lowest BCUT2D eigenvalue weighted by Crippen LogP contribution is -2.26. The molecular formula is C16H32N2O. The summed E-state index contributed by atoms with van der Waals surface area (Å²) in [6.45, 7) is 4.35. The Balaban J connectivity index is 1.70. The van der Waals surface area contributed by atoms with E-state index in [0.29, 0.717) is 12.5 Å². The lowest BCUT2D eigenvalue weighted by Gasteiger charge is -2.05. The smallest absolute Gasteiger partial charge is 0.220 e. The van der Waals surface area contributed by atoms with Crippen LogP contribution < -0.4 is 10.6 Å². The zero-order valence-electron chi connectivity index (χ0n) is 12.7. The Morgan fingerprint density at radius 3 is 2.26 bits per heavy atom. The molecule has 3 nitrogen and oxygen atoms in total. The zero-order chi connectivity index (χ0) is 13.8. The van der Waals surface area contributed by atoms with E-state index >= 15 is 0 Å². The van der Waals surface area contributed by atoms with Crippen molar-refractivity contribution in [2.45, 2.75) is 83.6 Å². The normalized spacial score (nSPS) is 14.6. The predicted molar refractivity (Wildman–Crippen MR) is 81.3 cm³/mol. The van der Waals surface area contributed by atoms with E-state index in [-0.39, 0.29) is 5.91 Å². The van der Waals surface area contributed by atoms with Gasteiger partial charge in [-0.2, -0.15) is 0 Å². The van der Waals surface area contributed by atoms with Gasteiger partial charge in [-0.15, -0.1) is 0 Å². The molecule has 0 heterocycles. The van der Waals surface area contributed by atoms with Crippen molar-refractivity contribution in [2.75, 3.05) is 13.1 Å². The molecular weight excluding hydrogens is 236 g/mol. The molecule has 19 heavy (non-hydrogen) atoms. The molecule has 0 spiro atoms. The largest absolute Gasteiger partial charge is 0.353 e. The van der Waals surface area contributed by atoms with Crippen LogP contribution in [0.25, 0.3) is 0 Å². The van der Waals surface area contributed by atoms with E-state index in [0.717, 1.165) is 19.5 Å². The number of amides is 1. The van der Waals surface area contributed by atoms with Crippen LogP contribution in [-0.4, -0.2) is 25.0 Å². The van der Waals surface area contributed by atoms with Gasteiger partial charge in [-0.25, -0.2) is 0 Å². The van der Waals surface area contributed by atoms with Gasteiger partial charge in [-0.3, -0.25) is 4.79 Å². The van der Waals surface area contributed by atoms with Gasteiger partial charge >= 0.3 is 0 Å². The summed E-state index contributed by atoms with van der Waals surface area (Å²) in [4.78, 5) is 11.4. The molecule has 0 aromatic carbocycles. The second-order valence-electron chi connectivity index (χ2n) is 5.82. The number of hydrogen-bond donors (Lipinski definition) is 2. The van der Waals surface area contributed by atoms with Gasteiger partial charge in [0.1, 0.15) is 0 Å². The summed E-state index contributed by atoms with van der Waals surface area (Å²) in [6, 6.07) is 0.508. The highest BCUT2D eigenvalue weighted by molar-refractivity contribution is 5.76. The van der Waals surface area contributed by atoms with E-state index in [9.17, 15) is 4.79 Å². The summed E-state index contributed by atoms with van der Waals surface area (Å²) in [5, 5.41) is 6.45. The summed E-state index contributed by atoms with van der Waals surface area (Å²) in [6.07, 6.45) is 13.5. The molecule has 1 amide bonds. The third kappa shape index (κ3) is 11.0. The summed E-state index contributed by atoms with van der Waals surface area (Å²) in [5.41, 5.74) is 0. The molecule has 0 aliphatic heterocycles. The predicted octanol–water partition coefficient (Wildman–Crippen LogP) is 3.39. The van der Waals surface area contributed by atoms with E-state index in [1.54, 1.807) is 0 Å². The van der Waals surface area contributed by atoms with Crippen LogP contribution >= 0.6 is 0 Å². The third-order valence-corrected chi connectivity index (χ3v) is 3.66. The fourth-order valence-corrected chi connectivity index (χ4v) is 2.23. The standard InChI is InChI=1S/C16H32N2O/c1-2-3-4-5-6-7-8-13-17-14-9-10-16(19)18-15-11-12-15/h15,17H,2-14H2,1H3,(H,18,19). The van der Waals surface area contributed by atoms with Crippen molar-refractivity contribution in [1.29, 1.82) is 0 Å². The van der Waals surface area contributed by atoms with Crippen LogP contribution in [-0.2, 0) is 4.79 Å². The first-order chi connectivity index (χ1) is 9.33. The van der Waals surface area contributed by atoms with Crippen LogP contribution in [0, 0.1) is 0 Å². The Labute approximate surface area is 118 Å². The maximum atomic E-state index is 11.4. The van der Waals surface area contributed by atoms with Crippen molar-refractivity contribution in [3.8, 4) is 0 Å². The van der Waals surface area contributed by atoms with Crippen LogP contribution in [0.5, 0.6) is 0 Å². The second-order valence-corrected chi connectivity index (χ2v) is 5.82. The summed E-state index contributed by atoms with van der Waals surface area (Å²) in [5.74, 6) is 0.236. The van der Waals surface area contributed by atoms with Gasteiger partial charge in [0.05, 0.1) is 0 Å². The van der Waals surface area contributed by atoms with E-state index in [1.165, 1.54) is 57.8 Å². The molecule has 1 saturated carbocycles. The minimum atomic E-state index is 0.236. The van der Waals surface area contributed by atoms with Gasteiger partial charge in [0, 0.05) is 12.5 Å². The maximum absolute atomic E-state index is 11.4. The minimum absolute atomic E-state index is 0.236. The van der Waals surface area contributed by atoms with E-state index in [2.05, 4.69) is 17.6 Å². The Hall–Kier alpha value is -0.570. The lowest BCUT2D eigenvalue weighted by molar-refractivity contribution is -0.121. The number of rotatable bonds is 13. The quantitative estimate of drug-likeness (QED) is 0.503. The zero-order valence-corrected chi connectivity index (χ0v) is 12.7. The first-order valence-electron chi connectivity index (χ1n) is 8.33. The molecule has 1 aliphatic carbocycles. The Morgan fingerprint density at radius 2 is 1.58 bits per heavy atom. The Morgan fingerprint density at radius 1 is 0.947 bits per heavy atom. The van der Waals surface area contributed by atoms with Gasteiger partial charge in [0.25, 0.3) is 0 Å². The number of carbonyl (C=O) groups excluding carboxylic acids is 1. The topological polar surface area (TPSA) is 41.1 Å². The molecule has 1 fully saturated rings. The fourth-order valence-electron chi connectivity index (χ4n) is 2.23. The first kappa shape index (κ1) is 16.5. The molecule has 1 rings (SSSR count). The Bertz CT molecular complexity index is 227. The molecule has 2 N–H and O–H groups in total. The molecule has 0 saturated heterocycles. The lowest BCUT2D eigenvalue weighted by atomic mass is 10.1. The van der Waals surface area contributed by atoms with E-state index in [4.69, 9.17) is 0 Å². The van der Waals surface area contributed by atoms with Gasteiger partial charge in [-0.05, 0) is 38.8 Å². The molecule has 112 valence electrons. The average Bonchev–Trinajstić information content (AvgIpc) is 3.20. The van der Waals surface area contributed by atoms with Gasteiger partial charge < -0.3 is 10.6 Å². The number of carbonyl (C=O) groups is 1. The van der Waals surface area contributed by atoms with Crippen LogP contribution in [0.2, 0.25) is 0 Å². The monoisotopic (exact) mass is 268 g/mol. The molecule has 3 heteroatoms. The minimum Gasteiger partial charge on any atom is -0.353 e. The highest BCUT2D eigenvalue weighted by Gasteiger charge is 2.22. The molecule has 0 radical (unpaired) electrons. The van der Waals surface area contributed by atoms with Crippen LogP contribution in [0.4, 0.5) is 0 Å². The molecule has 0 atom stereocenters.